The summed E-state index contributed by atoms with van der Waals surface area (Å²) in [6, 6.07) is 12.4. The number of nitrogens with zero attached hydrogens (tertiary/aromatic N) is 1. The number of rotatable bonds is 13. The molecule has 1 heterocycles. The van der Waals surface area contributed by atoms with E-state index in [2.05, 4.69) is 13.8 Å². The third-order valence-corrected chi connectivity index (χ3v) is 6.51. The minimum Gasteiger partial charge on any atom is -0.396 e. The molecule has 0 bridgehead atoms. The Morgan fingerprint density at radius 3 is 2.00 bits per heavy atom. The van der Waals surface area contributed by atoms with Crippen molar-refractivity contribution in [2.45, 2.75) is 77.8 Å². The molecule has 0 saturated carbocycles. The van der Waals surface area contributed by atoms with E-state index < -0.39 is 12.2 Å². The predicted molar refractivity (Wildman–Crippen MR) is 150 cm³/mol. The van der Waals surface area contributed by atoms with Gasteiger partial charge in [0.2, 0.25) is 0 Å². The molecule has 210 valence electrons. The summed E-state index contributed by atoms with van der Waals surface area (Å²) in [6.45, 7) is 8.56. The van der Waals surface area contributed by atoms with Gasteiger partial charge in [0.05, 0.1) is 31.1 Å². The lowest BCUT2D eigenvalue weighted by atomic mass is 9.87. The minimum absolute atomic E-state index is 0.0488. The lowest BCUT2D eigenvalue weighted by Gasteiger charge is -2.24. The van der Waals surface area contributed by atoms with E-state index in [1.54, 1.807) is 30.3 Å². The molecule has 5 nitrogen and oxygen atoms in total. The highest BCUT2D eigenvalue weighted by Crippen LogP contribution is 2.38. The molecule has 0 spiro atoms. The summed E-state index contributed by atoms with van der Waals surface area (Å²) in [5.41, 5.74) is 5.82. The summed E-state index contributed by atoms with van der Waals surface area (Å²) in [4.78, 5) is 5.06. The van der Waals surface area contributed by atoms with Gasteiger partial charge in [-0.2, -0.15) is 0 Å². The van der Waals surface area contributed by atoms with Gasteiger partial charge in [0.25, 0.3) is 0 Å². The first-order valence-corrected chi connectivity index (χ1v) is 13.4. The molecule has 1 aromatic heterocycles. The minimum atomic E-state index is -0.935. The highest BCUT2D eigenvalue weighted by atomic mass is 19.1. The van der Waals surface area contributed by atoms with Crippen molar-refractivity contribution >= 4 is 6.08 Å². The molecule has 0 amide bonds. The number of hydrogen-bond donors (Lipinski definition) is 3. The van der Waals surface area contributed by atoms with Crippen molar-refractivity contribution in [3.8, 4) is 11.1 Å². The van der Waals surface area contributed by atoms with Crippen LogP contribution in [0.15, 0.2) is 54.6 Å². The smallest absolute Gasteiger partial charge is 0.123 e. The zero-order valence-corrected chi connectivity index (χ0v) is 23.1. The first-order valence-electron chi connectivity index (χ1n) is 13.4. The number of benzene rings is 2. The second-order valence-corrected chi connectivity index (χ2v) is 10.4. The Morgan fingerprint density at radius 2 is 1.44 bits per heavy atom. The van der Waals surface area contributed by atoms with Crippen molar-refractivity contribution in [1.82, 2.24) is 4.98 Å². The summed E-state index contributed by atoms with van der Waals surface area (Å²) < 4.78 is 33.4. The number of ether oxygens (including phenoxy) is 1. The Kier molecular flexibility index (Phi) is 11.3. The molecule has 2 aromatic carbocycles. The topological polar surface area (TPSA) is 82.8 Å². The van der Waals surface area contributed by atoms with Crippen LogP contribution >= 0.6 is 0 Å². The number of aliphatic hydroxyl groups is 3. The fraction of sp³-hybridized carbons (Fsp3) is 0.406. The molecule has 0 aliphatic rings. The predicted octanol–water partition coefficient (Wildman–Crippen LogP) is 6.50. The number of aliphatic hydroxyl groups excluding tert-OH is 3. The van der Waals surface area contributed by atoms with E-state index in [9.17, 15) is 19.0 Å². The second kappa shape index (κ2) is 14.4. The molecule has 0 fully saturated rings. The van der Waals surface area contributed by atoms with Gasteiger partial charge in [0.1, 0.15) is 11.6 Å². The molecule has 0 aliphatic heterocycles. The van der Waals surface area contributed by atoms with Gasteiger partial charge in [0.15, 0.2) is 0 Å². The summed E-state index contributed by atoms with van der Waals surface area (Å²) in [5.74, 6) is -0.535. The van der Waals surface area contributed by atoms with Gasteiger partial charge >= 0.3 is 0 Å². The van der Waals surface area contributed by atoms with Crippen molar-refractivity contribution in [2.24, 2.45) is 0 Å². The van der Waals surface area contributed by atoms with Crippen LogP contribution in [0.1, 0.15) is 80.5 Å². The molecule has 3 aromatic rings. The molecule has 2 atom stereocenters. The van der Waals surface area contributed by atoms with Crippen molar-refractivity contribution in [1.29, 1.82) is 0 Å². The fourth-order valence-electron chi connectivity index (χ4n) is 4.54. The van der Waals surface area contributed by atoms with Crippen LogP contribution in [0.25, 0.3) is 17.2 Å². The second-order valence-electron chi connectivity index (χ2n) is 10.4. The largest absolute Gasteiger partial charge is 0.396 e. The standard InChI is InChI=1S/C32H39F2NO4/c1-20(2)31-28(14-13-26(37)17-27(38)15-16-36)30(23-7-11-25(34)12-8-23)29(32(35-31)21(3)4)19-39-18-22-5-9-24(33)10-6-22/h5-14,20-21,26-27,36-38H,15-19H2,1-4H3/t26-,27+/m1/s1. The zero-order valence-electron chi connectivity index (χ0n) is 23.1. The molecular weight excluding hydrogens is 500 g/mol. The quantitative estimate of drug-likeness (QED) is 0.231. The van der Waals surface area contributed by atoms with Crippen LogP contribution in [0.2, 0.25) is 0 Å². The number of pyridine rings is 1. The molecular formula is C32H39F2NO4. The lowest BCUT2D eigenvalue weighted by molar-refractivity contribution is 0.0827. The van der Waals surface area contributed by atoms with Gasteiger partial charge in [-0.3, -0.25) is 4.98 Å². The number of hydrogen-bond acceptors (Lipinski definition) is 5. The Bertz CT molecular complexity index is 1220. The van der Waals surface area contributed by atoms with Crippen LogP contribution in [-0.4, -0.2) is 39.1 Å². The molecule has 0 unspecified atom stereocenters. The average molecular weight is 540 g/mol. The Morgan fingerprint density at radius 1 is 0.846 bits per heavy atom. The normalized spacial score (nSPS) is 13.5. The van der Waals surface area contributed by atoms with E-state index in [1.165, 1.54) is 24.3 Å². The van der Waals surface area contributed by atoms with Crippen molar-refractivity contribution in [2.75, 3.05) is 6.61 Å². The maximum absolute atomic E-state index is 13.9. The van der Waals surface area contributed by atoms with Crippen molar-refractivity contribution in [3.63, 3.8) is 0 Å². The van der Waals surface area contributed by atoms with E-state index in [4.69, 9.17) is 14.8 Å². The first-order chi connectivity index (χ1) is 18.6. The Balaban J connectivity index is 2.12. The SMILES string of the molecule is CC(C)c1nc(C(C)C)c(COCc2ccc(F)cc2)c(-c2ccc(F)cc2)c1C=C[C@@H](O)C[C@@H](O)CCO. The third kappa shape index (κ3) is 8.51. The van der Waals surface area contributed by atoms with E-state index in [0.29, 0.717) is 0 Å². The molecule has 3 rings (SSSR count). The third-order valence-electron chi connectivity index (χ3n) is 6.51. The monoisotopic (exact) mass is 539 g/mol. The molecule has 0 aliphatic carbocycles. The fourth-order valence-corrected chi connectivity index (χ4v) is 4.54. The van der Waals surface area contributed by atoms with Crippen LogP contribution in [0, 0.1) is 11.6 Å². The number of halogens is 2. The highest BCUT2D eigenvalue weighted by molar-refractivity contribution is 5.80. The average Bonchev–Trinajstić information content (AvgIpc) is 2.88. The molecule has 39 heavy (non-hydrogen) atoms. The van der Waals surface area contributed by atoms with Gasteiger partial charge in [-0.1, -0.05) is 64.1 Å². The summed E-state index contributed by atoms with van der Waals surface area (Å²) in [6.07, 6.45) is 1.94. The van der Waals surface area contributed by atoms with Crippen LogP contribution in [0.3, 0.4) is 0 Å². The van der Waals surface area contributed by atoms with Crippen molar-refractivity contribution < 1.29 is 28.8 Å². The zero-order chi connectivity index (χ0) is 28.5. The van der Waals surface area contributed by atoms with Crippen LogP contribution in [-0.2, 0) is 18.0 Å². The van der Waals surface area contributed by atoms with E-state index in [0.717, 1.165) is 39.2 Å². The van der Waals surface area contributed by atoms with Crippen molar-refractivity contribution in [3.05, 3.63) is 94.3 Å². The maximum Gasteiger partial charge on any atom is 0.123 e. The summed E-state index contributed by atoms with van der Waals surface area (Å²) in [7, 11) is 0. The van der Waals surface area contributed by atoms with E-state index in [1.807, 2.05) is 19.9 Å². The van der Waals surface area contributed by atoms with E-state index >= 15 is 0 Å². The molecule has 7 heteroatoms. The molecule has 0 saturated heterocycles. The van der Waals surface area contributed by atoms with E-state index in [-0.39, 0.29) is 56.1 Å². The maximum atomic E-state index is 13.9. The highest BCUT2D eigenvalue weighted by Gasteiger charge is 2.23. The first kappa shape index (κ1) is 30.6. The molecule has 3 N–H and O–H groups in total. The Hall–Kier alpha value is -2.97. The Labute approximate surface area is 229 Å². The van der Waals surface area contributed by atoms with Gasteiger partial charge in [-0.15, -0.1) is 0 Å². The van der Waals surface area contributed by atoms with Gasteiger partial charge in [-0.25, -0.2) is 8.78 Å². The summed E-state index contributed by atoms with van der Waals surface area (Å²) in [5, 5.41) is 29.7. The van der Waals surface area contributed by atoms with Gasteiger partial charge < -0.3 is 20.1 Å². The molecule has 0 radical (unpaired) electrons. The van der Waals surface area contributed by atoms with Crippen LogP contribution in [0.5, 0.6) is 0 Å². The van der Waals surface area contributed by atoms with Crippen LogP contribution < -0.4 is 0 Å². The summed E-state index contributed by atoms with van der Waals surface area (Å²) >= 11 is 0. The number of aromatic nitrogens is 1. The van der Waals surface area contributed by atoms with Crippen LogP contribution in [0.4, 0.5) is 8.78 Å². The van der Waals surface area contributed by atoms with Gasteiger partial charge in [0, 0.05) is 29.8 Å². The van der Waals surface area contributed by atoms with Gasteiger partial charge in [-0.05, 0) is 59.2 Å². The lowest BCUT2D eigenvalue weighted by Crippen LogP contribution is -2.17.